The molecular weight excluding hydrogens is 224 g/mol. The number of amides is 1. The molecule has 1 amide bonds. The van der Waals surface area contributed by atoms with E-state index in [1.54, 1.807) is 6.20 Å². The van der Waals surface area contributed by atoms with Gasteiger partial charge in [-0.1, -0.05) is 33.3 Å². The average molecular weight is 248 g/mol. The highest BCUT2D eigenvalue weighted by Crippen LogP contribution is 2.26. The van der Waals surface area contributed by atoms with E-state index >= 15 is 0 Å². The fraction of sp³-hybridized carbons (Fsp3) is 0.600. The number of nitrogens with two attached hydrogens (primary N) is 1. The summed E-state index contributed by atoms with van der Waals surface area (Å²) < 4.78 is 0. The van der Waals surface area contributed by atoms with Crippen molar-refractivity contribution in [1.82, 2.24) is 4.98 Å². The third kappa shape index (κ3) is 5.30. The molecule has 18 heavy (non-hydrogen) atoms. The maximum Gasteiger partial charge on any atom is 0.221 e. The molecule has 1 aromatic heterocycles. The van der Waals surface area contributed by atoms with Gasteiger partial charge in [-0.2, -0.15) is 0 Å². The van der Waals surface area contributed by atoms with Gasteiger partial charge in [-0.05, 0) is 36.3 Å². The Morgan fingerprint density at radius 3 is 2.61 bits per heavy atom. The van der Waals surface area contributed by atoms with Crippen molar-refractivity contribution in [2.75, 3.05) is 0 Å². The van der Waals surface area contributed by atoms with Crippen LogP contribution in [0.5, 0.6) is 0 Å². The molecule has 2 N–H and O–H groups in total. The highest BCUT2D eigenvalue weighted by atomic mass is 16.1. The standard InChI is InChI=1S/C15H24N2O/c1-4-15(2,3)9-5-6-13-8-7-12(11-17-13)10-14(16)18/h7-8,11H,4-6,9-10H2,1-3H3,(H2,16,18). The van der Waals surface area contributed by atoms with Crippen molar-refractivity contribution in [2.24, 2.45) is 11.1 Å². The number of hydrogen-bond donors (Lipinski definition) is 1. The molecule has 0 aliphatic rings. The van der Waals surface area contributed by atoms with Gasteiger partial charge in [0.15, 0.2) is 0 Å². The van der Waals surface area contributed by atoms with Crippen molar-refractivity contribution >= 4 is 5.91 Å². The number of aromatic nitrogens is 1. The molecule has 0 aliphatic heterocycles. The first-order chi connectivity index (χ1) is 8.43. The molecule has 100 valence electrons. The van der Waals surface area contributed by atoms with Crippen LogP contribution < -0.4 is 5.73 Å². The second kappa shape index (κ2) is 6.53. The van der Waals surface area contributed by atoms with Gasteiger partial charge in [-0.3, -0.25) is 9.78 Å². The van der Waals surface area contributed by atoms with Crippen LogP contribution in [0.4, 0.5) is 0 Å². The predicted octanol–water partition coefficient (Wildman–Crippen LogP) is 2.87. The summed E-state index contributed by atoms with van der Waals surface area (Å²) in [6.45, 7) is 6.84. The van der Waals surface area contributed by atoms with Gasteiger partial charge in [0.1, 0.15) is 0 Å². The van der Waals surface area contributed by atoms with Crippen LogP contribution >= 0.6 is 0 Å². The molecule has 1 aromatic rings. The van der Waals surface area contributed by atoms with Gasteiger partial charge in [0.2, 0.25) is 5.91 Å². The Hall–Kier alpha value is -1.38. The fourth-order valence-electron chi connectivity index (χ4n) is 1.83. The zero-order valence-electron chi connectivity index (χ0n) is 11.7. The van der Waals surface area contributed by atoms with Crippen LogP contribution in [0.25, 0.3) is 0 Å². The largest absolute Gasteiger partial charge is 0.369 e. The first kappa shape index (κ1) is 14.7. The highest BCUT2D eigenvalue weighted by Gasteiger charge is 2.14. The number of carbonyl (C=O) groups is 1. The summed E-state index contributed by atoms with van der Waals surface area (Å²) in [5.74, 6) is -0.311. The lowest BCUT2D eigenvalue weighted by Crippen LogP contribution is -2.13. The molecule has 0 unspecified atom stereocenters. The molecule has 0 aliphatic carbocycles. The maximum absolute atomic E-state index is 10.8. The second-order valence-corrected chi connectivity index (χ2v) is 5.67. The zero-order chi connectivity index (χ0) is 13.6. The number of nitrogens with zero attached hydrogens (tertiary/aromatic N) is 1. The van der Waals surface area contributed by atoms with Gasteiger partial charge < -0.3 is 5.73 Å². The number of hydrogen-bond acceptors (Lipinski definition) is 2. The van der Waals surface area contributed by atoms with Crippen LogP contribution in [-0.4, -0.2) is 10.9 Å². The smallest absolute Gasteiger partial charge is 0.221 e. The Bertz CT molecular complexity index is 382. The van der Waals surface area contributed by atoms with Gasteiger partial charge in [-0.25, -0.2) is 0 Å². The van der Waals surface area contributed by atoms with E-state index in [0.717, 1.165) is 24.1 Å². The molecule has 1 heterocycles. The SMILES string of the molecule is CCC(C)(C)CCCc1ccc(CC(N)=O)cn1. The Morgan fingerprint density at radius 2 is 2.11 bits per heavy atom. The number of rotatable bonds is 7. The lowest BCUT2D eigenvalue weighted by Gasteiger charge is -2.22. The van der Waals surface area contributed by atoms with E-state index in [2.05, 4.69) is 25.8 Å². The number of primary amides is 1. The van der Waals surface area contributed by atoms with Crippen molar-refractivity contribution in [1.29, 1.82) is 0 Å². The van der Waals surface area contributed by atoms with E-state index < -0.39 is 0 Å². The van der Waals surface area contributed by atoms with Crippen LogP contribution in [0, 0.1) is 5.41 Å². The van der Waals surface area contributed by atoms with Crippen molar-refractivity contribution < 1.29 is 4.79 Å². The van der Waals surface area contributed by atoms with Crippen LogP contribution in [0.15, 0.2) is 18.3 Å². The molecule has 1 rings (SSSR count). The van der Waals surface area contributed by atoms with Crippen molar-refractivity contribution in [3.05, 3.63) is 29.6 Å². The topological polar surface area (TPSA) is 56.0 Å². The van der Waals surface area contributed by atoms with Gasteiger partial charge in [-0.15, -0.1) is 0 Å². The van der Waals surface area contributed by atoms with Crippen LogP contribution in [0.1, 0.15) is 51.3 Å². The average Bonchev–Trinajstić information content (AvgIpc) is 2.30. The summed E-state index contributed by atoms with van der Waals surface area (Å²) in [6, 6.07) is 3.94. The molecule has 0 aromatic carbocycles. The van der Waals surface area contributed by atoms with Gasteiger partial charge >= 0.3 is 0 Å². The Balaban J connectivity index is 2.42. The molecule has 3 heteroatoms. The number of carbonyl (C=O) groups excluding carboxylic acids is 1. The van der Waals surface area contributed by atoms with Crippen molar-refractivity contribution in [2.45, 2.75) is 52.9 Å². The molecule has 0 fully saturated rings. The van der Waals surface area contributed by atoms with Crippen LogP contribution in [0.3, 0.4) is 0 Å². The van der Waals surface area contributed by atoms with Gasteiger partial charge in [0, 0.05) is 11.9 Å². The second-order valence-electron chi connectivity index (χ2n) is 5.67. The highest BCUT2D eigenvalue weighted by molar-refractivity contribution is 5.76. The number of pyridine rings is 1. The van der Waals surface area contributed by atoms with E-state index in [9.17, 15) is 4.79 Å². The van der Waals surface area contributed by atoms with Crippen molar-refractivity contribution in [3.63, 3.8) is 0 Å². The molecule has 3 nitrogen and oxygen atoms in total. The monoisotopic (exact) mass is 248 g/mol. The Kier molecular flexibility index (Phi) is 5.32. The molecule has 0 bridgehead atoms. The van der Waals surface area contributed by atoms with E-state index in [1.807, 2.05) is 12.1 Å². The van der Waals surface area contributed by atoms with E-state index in [4.69, 9.17) is 5.73 Å². The summed E-state index contributed by atoms with van der Waals surface area (Å²) in [4.78, 5) is 15.1. The minimum atomic E-state index is -0.311. The molecule has 0 spiro atoms. The summed E-state index contributed by atoms with van der Waals surface area (Å²) in [5, 5.41) is 0. The summed E-state index contributed by atoms with van der Waals surface area (Å²) in [7, 11) is 0. The number of aryl methyl sites for hydroxylation is 1. The minimum absolute atomic E-state index is 0.274. The van der Waals surface area contributed by atoms with Crippen LogP contribution in [0.2, 0.25) is 0 Å². The summed E-state index contributed by atoms with van der Waals surface area (Å²) >= 11 is 0. The van der Waals surface area contributed by atoms with Crippen molar-refractivity contribution in [3.8, 4) is 0 Å². The molecule has 0 radical (unpaired) electrons. The van der Waals surface area contributed by atoms with Gasteiger partial charge in [0.25, 0.3) is 0 Å². The Labute approximate surface area is 110 Å². The third-order valence-corrected chi connectivity index (χ3v) is 3.51. The van der Waals surface area contributed by atoms with E-state index in [1.165, 1.54) is 12.8 Å². The lowest BCUT2D eigenvalue weighted by atomic mass is 9.84. The first-order valence-electron chi connectivity index (χ1n) is 6.65. The molecular formula is C15H24N2O. The van der Waals surface area contributed by atoms with E-state index in [0.29, 0.717) is 5.41 Å². The fourth-order valence-corrected chi connectivity index (χ4v) is 1.83. The van der Waals surface area contributed by atoms with E-state index in [-0.39, 0.29) is 12.3 Å². The zero-order valence-corrected chi connectivity index (χ0v) is 11.7. The summed E-state index contributed by atoms with van der Waals surface area (Å²) in [6.07, 6.45) is 6.61. The normalized spacial score (nSPS) is 11.5. The third-order valence-electron chi connectivity index (χ3n) is 3.51. The quantitative estimate of drug-likeness (QED) is 0.806. The maximum atomic E-state index is 10.8. The summed E-state index contributed by atoms with van der Waals surface area (Å²) in [5.41, 5.74) is 7.54. The minimum Gasteiger partial charge on any atom is -0.369 e. The Morgan fingerprint density at radius 1 is 1.39 bits per heavy atom. The van der Waals surface area contributed by atoms with Crippen LogP contribution in [-0.2, 0) is 17.6 Å². The predicted molar refractivity (Wildman–Crippen MR) is 74.1 cm³/mol. The molecule has 0 atom stereocenters. The lowest BCUT2D eigenvalue weighted by molar-refractivity contribution is -0.117. The van der Waals surface area contributed by atoms with Gasteiger partial charge in [0.05, 0.1) is 6.42 Å². The molecule has 0 saturated heterocycles. The first-order valence-corrected chi connectivity index (χ1v) is 6.65. The molecule has 0 saturated carbocycles.